The monoisotopic (exact) mass is 354 g/mol. The van der Waals surface area contributed by atoms with Crippen molar-refractivity contribution in [3.8, 4) is 0 Å². The molecule has 0 aliphatic carbocycles. The number of rotatable bonds is 3. The molecule has 0 saturated carbocycles. The van der Waals surface area contributed by atoms with Gasteiger partial charge in [-0.3, -0.25) is 4.79 Å². The Labute approximate surface area is 149 Å². The molecule has 2 aliphatic rings. The van der Waals surface area contributed by atoms with E-state index in [1.54, 1.807) is 11.9 Å². The molecular formula is C17H30N4O4. The normalized spacial score (nSPS) is 23.5. The molecule has 8 heteroatoms. The van der Waals surface area contributed by atoms with Gasteiger partial charge >= 0.3 is 12.1 Å². The predicted molar refractivity (Wildman–Crippen MR) is 93.1 cm³/mol. The van der Waals surface area contributed by atoms with Crippen molar-refractivity contribution in [1.29, 1.82) is 0 Å². The van der Waals surface area contributed by atoms with E-state index in [4.69, 9.17) is 4.74 Å². The minimum Gasteiger partial charge on any atom is -0.444 e. The van der Waals surface area contributed by atoms with Crippen LogP contribution in [-0.2, 0) is 9.53 Å². The summed E-state index contributed by atoms with van der Waals surface area (Å²) in [6.45, 7) is 7.60. The fourth-order valence-electron chi connectivity index (χ4n) is 3.33. The number of hydrogen-bond donors (Lipinski definition) is 2. The predicted octanol–water partition coefficient (Wildman–Crippen LogP) is 1.16. The third kappa shape index (κ3) is 5.24. The summed E-state index contributed by atoms with van der Waals surface area (Å²) >= 11 is 0. The van der Waals surface area contributed by atoms with E-state index in [0.717, 1.165) is 12.8 Å². The Balaban J connectivity index is 1.88. The largest absolute Gasteiger partial charge is 0.444 e. The molecule has 2 aliphatic heterocycles. The summed E-state index contributed by atoms with van der Waals surface area (Å²) in [6.07, 6.45) is 2.12. The summed E-state index contributed by atoms with van der Waals surface area (Å²) in [5, 5.41) is 5.29. The Morgan fingerprint density at radius 1 is 1.16 bits per heavy atom. The Hall–Kier alpha value is -1.99. The van der Waals surface area contributed by atoms with Crippen LogP contribution < -0.4 is 10.6 Å². The van der Waals surface area contributed by atoms with E-state index in [1.165, 1.54) is 0 Å². The smallest absolute Gasteiger partial charge is 0.410 e. The molecule has 2 N–H and O–H groups in total. The van der Waals surface area contributed by atoms with Gasteiger partial charge in [0.15, 0.2) is 0 Å². The van der Waals surface area contributed by atoms with Crippen molar-refractivity contribution in [1.82, 2.24) is 20.4 Å². The molecule has 8 nitrogen and oxygen atoms in total. The van der Waals surface area contributed by atoms with Gasteiger partial charge in [-0.1, -0.05) is 0 Å². The molecule has 2 atom stereocenters. The van der Waals surface area contributed by atoms with E-state index in [9.17, 15) is 14.4 Å². The van der Waals surface area contributed by atoms with Crippen molar-refractivity contribution >= 4 is 18.0 Å². The highest BCUT2D eigenvalue weighted by Crippen LogP contribution is 2.25. The zero-order valence-electron chi connectivity index (χ0n) is 15.6. The van der Waals surface area contributed by atoms with Crippen LogP contribution in [0.4, 0.5) is 9.59 Å². The van der Waals surface area contributed by atoms with Crippen LogP contribution in [0.3, 0.4) is 0 Å². The Kier molecular flexibility index (Phi) is 6.13. The first kappa shape index (κ1) is 19.3. The summed E-state index contributed by atoms with van der Waals surface area (Å²) in [5.74, 6) is -0.111. The number of carbonyl (C=O) groups is 3. The molecule has 2 saturated heterocycles. The molecule has 4 amide bonds. The van der Waals surface area contributed by atoms with Crippen LogP contribution in [0.2, 0.25) is 0 Å². The minimum atomic E-state index is -0.537. The average Bonchev–Trinajstić information content (AvgIpc) is 3.19. The Morgan fingerprint density at radius 3 is 2.52 bits per heavy atom. The molecular weight excluding hydrogens is 324 g/mol. The standard InChI is InChI=1S/C17H30N4O4/c1-17(2,3)25-16(24)20-9-7-12(11-20)14(22)21-8-5-6-13(21)10-19-15(23)18-4/h12-13H,5-11H2,1-4H3,(H2,18,19,23)/t12?,13-/m1/s1. The minimum absolute atomic E-state index is 0.0281. The van der Waals surface area contributed by atoms with Gasteiger partial charge in [-0.15, -0.1) is 0 Å². The summed E-state index contributed by atoms with van der Waals surface area (Å²) < 4.78 is 5.38. The van der Waals surface area contributed by atoms with E-state index in [0.29, 0.717) is 32.6 Å². The molecule has 2 fully saturated rings. The first-order chi connectivity index (χ1) is 11.7. The van der Waals surface area contributed by atoms with Gasteiger partial charge in [0.25, 0.3) is 0 Å². The van der Waals surface area contributed by atoms with Crippen LogP contribution in [-0.4, -0.2) is 72.7 Å². The van der Waals surface area contributed by atoms with Crippen molar-refractivity contribution < 1.29 is 19.1 Å². The van der Waals surface area contributed by atoms with Crippen molar-refractivity contribution in [2.75, 3.05) is 33.2 Å². The Morgan fingerprint density at radius 2 is 1.88 bits per heavy atom. The highest BCUT2D eigenvalue weighted by atomic mass is 16.6. The number of likely N-dealkylation sites (tertiary alicyclic amines) is 2. The number of urea groups is 1. The zero-order valence-corrected chi connectivity index (χ0v) is 15.6. The molecule has 0 radical (unpaired) electrons. The molecule has 1 unspecified atom stereocenters. The SMILES string of the molecule is CNC(=O)NC[C@H]1CCCN1C(=O)C1CCN(C(=O)OC(C)(C)C)C1. The fraction of sp³-hybridized carbons (Fsp3) is 0.824. The van der Waals surface area contributed by atoms with Crippen LogP contribution in [0.25, 0.3) is 0 Å². The average molecular weight is 354 g/mol. The number of ether oxygens (including phenoxy) is 1. The Bertz CT molecular complexity index is 517. The molecule has 0 bridgehead atoms. The molecule has 25 heavy (non-hydrogen) atoms. The van der Waals surface area contributed by atoms with Gasteiger partial charge in [-0.05, 0) is 40.0 Å². The number of nitrogens with zero attached hydrogens (tertiary/aromatic N) is 2. The molecule has 142 valence electrons. The number of carbonyl (C=O) groups excluding carboxylic acids is 3. The van der Waals surface area contributed by atoms with Crippen LogP contribution in [0.5, 0.6) is 0 Å². The zero-order chi connectivity index (χ0) is 18.6. The quantitative estimate of drug-likeness (QED) is 0.796. The lowest BCUT2D eigenvalue weighted by Crippen LogP contribution is -2.47. The van der Waals surface area contributed by atoms with Gasteiger partial charge < -0.3 is 25.2 Å². The van der Waals surface area contributed by atoms with Gasteiger partial charge in [0.05, 0.1) is 5.92 Å². The summed E-state index contributed by atoms with van der Waals surface area (Å²) in [6, 6.07) is -0.211. The van der Waals surface area contributed by atoms with Crippen LogP contribution in [0, 0.1) is 5.92 Å². The topological polar surface area (TPSA) is 91.0 Å². The third-order valence-corrected chi connectivity index (χ3v) is 4.57. The maximum absolute atomic E-state index is 12.8. The van der Waals surface area contributed by atoms with E-state index in [2.05, 4.69) is 10.6 Å². The molecule has 0 spiro atoms. The first-order valence-electron chi connectivity index (χ1n) is 8.95. The van der Waals surface area contributed by atoms with Crippen LogP contribution >= 0.6 is 0 Å². The van der Waals surface area contributed by atoms with Gasteiger partial charge in [0.1, 0.15) is 5.60 Å². The second-order valence-electron chi connectivity index (χ2n) is 7.70. The van der Waals surface area contributed by atoms with E-state index in [1.807, 2.05) is 25.7 Å². The van der Waals surface area contributed by atoms with Gasteiger partial charge in [-0.25, -0.2) is 9.59 Å². The lowest BCUT2D eigenvalue weighted by molar-refractivity contribution is -0.135. The fourth-order valence-corrected chi connectivity index (χ4v) is 3.33. The molecule has 2 rings (SSSR count). The molecule has 0 aromatic rings. The van der Waals surface area contributed by atoms with Crippen molar-refractivity contribution in [2.45, 2.75) is 51.7 Å². The van der Waals surface area contributed by atoms with E-state index < -0.39 is 5.60 Å². The van der Waals surface area contributed by atoms with Crippen molar-refractivity contribution in [3.63, 3.8) is 0 Å². The second-order valence-corrected chi connectivity index (χ2v) is 7.70. The van der Waals surface area contributed by atoms with E-state index >= 15 is 0 Å². The number of nitrogens with one attached hydrogen (secondary N) is 2. The number of hydrogen-bond acceptors (Lipinski definition) is 4. The van der Waals surface area contributed by atoms with Crippen molar-refractivity contribution in [2.24, 2.45) is 5.92 Å². The first-order valence-corrected chi connectivity index (χ1v) is 8.95. The van der Waals surface area contributed by atoms with Crippen molar-refractivity contribution in [3.05, 3.63) is 0 Å². The summed E-state index contributed by atoms with van der Waals surface area (Å²) in [7, 11) is 1.57. The summed E-state index contributed by atoms with van der Waals surface area (Å²) in [5.41, 5.74) is -0.537. The van der Waals surface area contributed by atoms with Gasteiger partial charge in [0.2, 0.25) is 5.91 Å². The molecule has 2 heterocycles. The third-order valence-electron chi connectivity index (χ3n) is 4.57. The molecule has 0 aromatic heterocycles. The lowest BCUT2D eigenvalue weighted by Gasteiger charge is -2.28. The maximum atomic E-state index is 12.8. The highest BCUT2D eigenvalue weighted by molar-refractivity contribution is 5.81. The van der Waals surface area contributed by atoms with Gasteiger partial charge in [-0.2, -0.15) is 0 Å². The lowest BCUT2D eigenvalue weighted by atomic mass is 10.1. The molecule has 0 aromatic carbocycles. The van der Waals surface area contributed by atoms with Crippen LogP contribution in [0.1, 0.15) is 40.0 Å². The highest BCUT2D eigenvalue weighted by Gasteiger charge is 2.38. The number of amides is 4. The maximum Gasteiger partial charge on any atom is 0.410 e. The van der Waals surface area contributed by atoms with Crippen LogP contribution in [0.15, 0.2) is 0 Å². The summed E-state index contributed by atoms with van der Waals surface area (Å²) in [4.78, 5) is 39.8. The second kappa shape index (κ2) is 7.93. The van der Waals surface area contributed by atoms with E-state index in [-0.39, 0.29) is 30.0 Å². The van der Waals surface area contributed by atoms with Gasteiger partial charge in [0, 0.05) is 39.3 Å².